The number of nitrogens with one attached hydrogen (secondary N) is 1. The molecule has 1 aromatic carbocycles. The number of rotatable bonds is 7. The van der Waals surface area contributed by atoms with E-state index in [9.17, 15) is 23.5 Å². The predicted molar refractivity (Wildman–Crippen MR) is 144 cm³/mol. The van der Waals surface area contributed by atoms with Crippen molar-refractivity contribution in [2.45, 2.75) is 24.4 Å². The van der Waals surface area contributed by atoms with Crippen molar-refractivity contribution in [3.05, 3.63) is 66.1 Å². The van der Waals surface area contributed by atoms with E-state index in [4.69, 9.17) is 0 Å². The zero-order valence-electron chi connectivity index (χ0n) is 22.3. The highest BCUT2D eigenvalue weighted by atomic mass is 19.4. The van der Waals surface area contributed by atoms with Crippen LogP contribution in [0.3, 0.4) is 0 Å². The molecule has 1 unspecified atom stereocenters. The van der Waals surface area contributed by atoms with E-state index in [1.165, 1.54) is 4.68 Å². The summed E-state index contributed by atoms with van der Waals surface area (Å²) < 4.78 is 42.4. The normalized spacial score (nSPS) is 18.7. The summed E-state index contributed by atoms with van der Waals surface area (Å²) >= 11 is 0. The van der Waals surface area contributed by atoms with Gasteiger partial charge in [-0.25, -0.2) is 4.52 Å². The van der Waals surface area contributed by atoms with Crippen LogP contribution >= 0.6 is 0 Å². The number of aromatic nitrogens is 5. The molecule has 0 saturated carbocycles. The van der Waals surface area contributed by atoms with Crippen LogP contribution in [0.25, 0.3) is 5.65 Å². The summed E-state index contributed by atoms with van der Waals surface area (Å²) in [6.45, 7) is 3.94. The van der Waals surface area contributed by atoms with Crippen molar-refractivity contribution in [3.63, 3.8) is 0 Å². The van der Waals surface area contributed by atoms with Crippen molar-refractivity contribution in [2.75, 3.05) is 56.5 Å². The van der Waals surface area contributed by atoms with Gasteiger partial charge in [-0.3, -0.25) is 9.58 Å². The average Bonchev–Trinajstić information content (AvgIpc) is 3.58. The van der Waals surface area contributed by atoms with Gasteiger partial charge in [0.15, 0.2) is 5.65 Å². The molecule has 2 N–H and O–H groups in total. The summed E-state index contributed by atoms with van der Waals surface area (Å²) in [5.74, 6) is 0.356. The van der Waals surface area contributed by atoms with Gasteiger partial charge in [0.25, 0.3) is 0 Å². The van der Waals surface area contributed by atoms with Gasteiger partial charge in [-0.1, -0.05) is 12.1 Å². The lowest BCUT2D eigenvalue weighted by molar-refractivity contribution is -0.137. The van der Waals surface area contributed by atoms with E-state index in [-0.39, 0.29) is 6.42 Å². The van der Waals surface area contributed by atoms with Gasteiger partial charge in [0.2, 0.25) is 5.95 Å². The zero-order valence-corrected chi connectivity index (χ0v) is 22.3. The molecule has 3 aromatic heterocycles. The van der Waals surface area contributed by atoms with E-state index >= 15 is 0 Å². The molecule has 5 heterocycles. The first-order chi connectivity index (χ1) is 19.6. The smallest absolute Gasteiger partial charge is 0.374 e. The van der Waals surface area contributed by atoms with Crippen LogP contribution in [0.15, 0.2) is 55.0 Å². The van der Waals surface area contributed by atoms with Crippen LogP contribution in [0, 0.1) is 11.3 Å². The lowest BCUT2D eigenvalue weighted by Gasteiger charge is -2.50. The summed E-state index contributed by atoms with van der Waals surface area (Å²) in [6.07, 6.45) is -1.69. The first kappa shape index (κ1) is 27.0. The Morgan fingerprint density at radius 1 is 1.15 bits per heavy atom. The molecule has 41 heavy (non-hydrogen) atoms. The van der Waals surface area contributed by atoms with E-state index in [2.05, 4.69) is 38.5 Å². The number of aliphatic hydroxyl groups excluding tert-OH is 1. The van der Waals surface area contributed by atoms with Crippen LogP contribution in [0.4, 0.5) is 30.5 Å². The van der Waals surface area contributed by atoms with E-state index in [1.54, 1.807) is 10.7 Å². The van der Waals surface area contributed by atoms with Gasteiger partial charge in [-0.2, -0.15) is 28.5 Å². The number of nitriles is 1. The Labute approximate surface area is 234 Å². The molecule has 0 aliphatic carbocycles. The van der Waals surface area contributed by atoms with Crippen LogP contribution < -0.4 is 10.2 Å². The van der Waals surface area contributed by atoms with Crippen LogP contribution in [0.1, 0.15) is 23.8 Å². The molecule has 2 aliphatic heterocycles. The quantitative estimate of drug-likeness (QED) is 0.349. The highest BCUT2D eigenvalue weighted by molar-refractivity contribution is 5.72. The molecule has 1 atom stereocenters. The second-order valence-electron chi connectivity index (χ2n) is 10.6. The van der Waals surface area contributed by atoms with Crippen LogP contribution in [0.5, 0.6) is 0 Å². The number of halogens is 3. The van der Waals surface area contributed by atoms with Gasteiger partial charge in [-0.15, -0.1) is 5.10 Å². The molecule has 2 fully saturated rings. The number of likely N-dealkylation sites (N-methyl/N-ethyl adjacent to an activating group) is 1. The fourth-order valence-corrected chi connectivity index (χ4v) is 5.42. The molecule has 14 heteroatoms. The number of fused-ring (bicyclic) bond motifs is 1. The third-order valence-corrected chi connectivity index (χ3v) is 7.78. The second-order valence-corrected chi connectivity index (χ2v) is 10.6. The van der Waals surface area contributed by atoms with E-state index in [1.807, 2.05) is 46.2 Å². The third kappa shape index (κ3) is 5.19. The zero-order chi connectivity index (χ0) is 28.8. The van der Waals surface area contributed by atoms with Crippen molar-refractivity contribution in [3.8, 4) is 6.07 Å². The molecule has 4 aromatic rings. The monoisotopic (exact) mass is 566 g/mol. The highest BCUT2D eigenvalue weighted by Crippen LogP contribution is 2.39. The molecule has 2 aliphatic rings. The maximum absolute atomic E-state index is 13.2. The standard InChI is InChI=1S/C27H29F3N10O/c1-36-10-12-37(13-11-36)24(41)19-4-2-5-21(14-19)33-25-34-23-22(6-3-9-39(23)35-25)38-17-26(18-38,7-8-31)40-16-20(15-32-40)27(28,29)30/h2-6,9,14-16,24,41H,7,10-13,17-18H2,1H3,(H,33,35). The molecule has 0 radical (unpaired) electrons. The number of hydrogen-bond donors (Lipinski definition) is 2. The van der Waals surface area contributed by atoms with Crippen molar-refractivity contribution in [1.29, 1.82) is 5.26 Å². The number of benzene rings is 1. The Morgan fingerprint density at radius 3 is 2.63 bits per heavy atom. The van der Waals surface area contributed by atoms with Gasteiger partial charge in [0.05, 0.1) is 29.9 Å². The van der Waals surface area contributed by atoms with Crippen molar-refractivity contribution in [1.82, 2.24) is 34.2 Å². The lowest BCUT2D eigenvalue weighted by Crippen LogP contribution is -2.63. The molecule has 214 valence electrons. The minimum atomic E-state index is -4.51. The van der Waals surface area contributed by atoms with E-state index < -0.39 is 23.5 Å². The van der Waals surface area contributed by atoms with Gasteiger partial charge in [0, 0.05) is 57.3 Å². The molecular formula is C27H29F3N10O. The first-order valence-electron chi connectivity index (χ1n) is 13.2. The lowest BCUT2D eigenvalue weighted by atomic mass is 9.86. The Morgan fingerprint density at radius 2 is 1.93 bits per heavy atom. The van der Waals surface area contributed by atoms with Gasteiger partial charge >= 0.3 is 6.18 Å². The molecule has 0 spiro atoms. The number of pyridine rings is 1. The summed E-state index contributed by atoms with van der Waals surface area (Å²) in [6, 6.07) is 13.3. The Balaban J connectivity index is 1.20. The number of anilines is 3. The fourth-order valence-electron chi connectivity index (χ4n) is 5.42. The topological polar surface area (TPSA) is 114 Å². The maximum Gasteiger partial charge on any atom is 0.419 e. The summed E-state index contributed by atoms with van der Waals surface area (Å²) in [5, 5.41) is 32.0. The van der Waals surface area contributed by atoms with Crippen molar-refractivity contribution in [2.24, 2.45) is 0 Å². The second kappa shape index (κ2) is 10.3. The van der Waals surface area contributed by atoms with Gasteiger partial charge < -0.3 is 20.2 Å². The number of piperazine rings is 1. The Bertz CT molecular complexity index is 1580. The molecule has 0 amide bonds. The van der Waals surface area contributed by atoms with E-state index in [0.29, 0.717) is 24.7 Å². The average molecular weight is 567 g/mol. The predicted octanol–water partition coefficient (Wildman–Crippen LogP) is 3.06. The molecule has 0 bridgehead atoms. The molecule has 11 nitrogen and oxygen atoms in total. The van der Waals surface area contributed by atoms with Gasteiger partial charge in [0.1, 0.15) is 11.8 Å². The third-order valence-electron chi connectivity index (χ3n) is 7.78. The van der Waals surface area contributed by atoms with Crippen LogP contribution in [-0.4, -0.2) is 85.6 Å². The largest absolute Gasteiger partial charge is 0.419 e. The number of nitrogens with zero attached hydrogens (tertiary/aromatic N) is 9. The van der Waals surface area contributed by atoms with Crippen molar-refractivity contribution < 1.29 is 18.3 Å². The summed E-state index contributed by atoms with van der Waals surface area (Å²) in [7, 11) is 2.07. The number of hydrogen-bond acceptors (Lipinski definition) is 9. The minimum absolute atomic E-state index is 0.0153. The van der Waals surface area contributed by atoms with E-state index in [0.717, 1.165) is 55.5 Å². The summed E-state index contributed by atoms with van der Waals surface area (Å²) in [4.78, 5) is 10.9. The molecule has 6 rings (SSSR count). The fraction of sp³-hybridized carbons (Fsp3) is 0.407. The molecular weight excluding hydrogens is 537 g/mol. The maximum atomic E-state index is 13.2. The SMILES string of the molecule is CN1CCN(C(O)c2cccc(Nc3nc4c(N5CC(CC#N)(n6cc(C(F)(F)F)cn6)C5)cccn4n3)c2)CC1. The molecule has 2 saturated heterocycles. The number of aliphatic hydroxyl groups is 1. The van der Waals surface area contributed by atoms with Crippen molar-refractivity contribution >= 4 is 23.0 Å². The van der Waals surface area contributed by atoms with Gasteiger partial charge in [-0.05, 0) is 36.9 Å². The van der Waals surface area contributed by atoms with Crippen LogP contribution in [-0.2, 0) is 11.7 Å². The Kier molecular flexibility index (Phi) is 6.80. The van der Waals surface area contributed by atoms with Crippen LogP contribution in [0.2, 0.25) is 0 Å². The number of alkyl halides is 3. The summed E-state index contributed by atoms with van der Waals surface area (Å²) in [5.41, 5.74) is 1.07. The Hall–Kier alpha value is -4.19. The first-order valence-corrected chi connectivity index (χ1v) is 13.2. The highest BCUT2D eigenvalue weighted by Gasteiger charge is 2.47. The minimum Gasteiger partial charge on any atom is -0.374 e.